The molecule has 3 atom stereocenters. The fraction of sp³-hybridized carbons (Fsp3) is 0.474. The summed E-state index contributed by atoms with van der Waals surface area (Å²) in [6.07, 6.45) is 0. The summed E-state index contributed by atoms with van der Waals surface area (Å²) in [6.45, 7) is 5.12. The Hall–Kier alpha value is -2.46. The number of carbonyl (C=O) groups is 1. The summed E-state index contributed by atoms with van der Waals surface area (Å²) in [5.41, 5.74) is -0.986. The van der Waals surface area contributed by atoms with Gasteiger partial charge < -0.3 is 15.2 Å². The minimum absolute atomic E-state index is 0.0130. The summed E-state index contributed by atoms with van der Waals surface area (Å²) in [5.74, 6) is -4.36. The van der Waals surface area contributed by atoms with Gasteiger partial charge in [-0.3, -0.25) is 4.79 Å². The van der Waals surface area contributed by atoms with Crippen molar-refractivity contribution in [1.82, 2.24) is 5.32 Å². The predicted molar refractivity (Wildman–Crippen MR) is 91.1 cm³/mol. The molecule has 7 heteroatoms. The SMILES string of the molecule is COCC1NC(C)=C(C#N)C(c2ccc(F)cc2F)C1(C(=O)O)C(C)C. The highest BCUT2D eigenvalue weighted by Crippen LogP contribution is 2.52. The van der Waals surface area contributed by atoms with Gasteiger partial charge in [0.15, 0.2) is 0 Å². The second-order valence-electron chi connectivity index (χ2n) is 6.79. The van der Waals surface area contributed by atoms with Crippen LogP contribution in [0.3, 0.4) is 0 Å². The van der Waals surface area contributed by atoms with Gasteiger partial charge in [-0.2, -0.15) is 5.26 Å². The Bertz CT molecular complexity index is 785. The van der Waals surface area contributed by atoms with E-state index >= 15 is 0 Å². The Morgan fingerprint density at radius 3 is 2.58 bits per heavy atom. The van der Waals surface area contributed by atoms with E-state index in [0.717, 1.165) is 6.07 Å². The Kier molecular flexibility index (Phi) is 5.67. The van der Waals surface area contributed by atoms with Crippen LogP contribution >= 0.6 is 0 Å². The number of rotatable bonds is 5. The smallest absolute Gasteiger partial charge is 0.313 e. The van der Waals surface area contributed by atoms with Crippen molar-refractivity contribution in [1.29, 1.82) is 5.26 Å². The Morgan fingerprint density at radius 1 is 1.46 bits per heavy atom. The van der Waals surface area contributed by atoms with Crippen molar-refractivity contribution in [3.8, 4) is 6.07 Å². The number of halogens is 2. The molecule has 0 amide bonds. The highest BCUT2D eigenvalue weighted by molar-refractivity contribution is 5.80. The fourth-order valence-electron chi connectivity index (χ4n) is 4.01. The number of allylic oxidation sites excluding steroid dienone is 2. The van der Waals surface area contributed by atoms with Crippen LogP contribution in [0.5, 0.6) is 0 Å². The molecule has 5 nitrogen and oxygen atoms in total. The molecule has 140 valence electrons. The molecular weight excluding hydrogens is 342 g/mol. The van der Waals surface area contributed by atoms with Crippen molar-refractivity contribution in [3.05, 3.63) is 46.7 Å². The molecule has 2 rings (SSSR count). The van der Waals surface area contributed by atoms with Crippen molar-refractivity contribution in [2.24, 2.45) is 11.3 Å². The summed E-state index contributed by atoms with van der Waals surface area (Å²) in [5, 5.41) is 22.9. The van der Waals surface area contributed by atoms with Gasteiger partial charge in [0.05, 0.1) is 24.3 Å². The van der Waals surface area contributed by atoms with Crippen molar-refractivity contribution < 1.29 is 23.4 Å². The third kappa shape index (κ3) is 2.95. The number of hydrogen-bond acceptors (Lipinski definition) is 4. The molecule has 1 aliphatic rings. The highest BCUT2D eigenvalue weighted by Gasteiger charge is 2.59. The van der Waals surface area contributed by atoms with Crippen LogP contribution in [-0.2, 0) is 9.53 Å². The lowest BCUT2D eigenvalue weighted by atomic mass is 9.57. The second kappa shape index (κ2) is 7.42. The summed E-state index contributed by atoms with van der Waals surface area (Å²) in [7, 11) is 1.45. The van der Waals surface area contributed by atoms with Gasteiger partial charge >= 0.3 is 5.97 Å². The molecule has 0 bridgehead atoms. The molecule has 1 aromatic rings. The van der Waals surface area contributed by atoms with Gasteiger partial charge in [0.1, 0.15) is 17.0 Å². The first kappa shape index (κ1) is 19.9. The van der Waals surface area contributed by atoms with Crippen molar-refractivity contribution in [3.63, 3.8) is 0 Å². The fourth-order valence-corrected chi connectivity index (χ4v) is 4.01. The van der Waals surface area contributed by atoms with Crippen LogP contribution in [0.25, 0.3) is 0 Å². The summed E-state index contributed by atoms with van der Waals surface area (Å²) >= 11 is 0. The van der Waals surface area contributed by atoms with Crippen LogP contribution in [0.1, 0.15) is 32.3 Å². The normalized spacial score (nSPS) is 25.8. The average Bonchev–Trinajstić information content (AvgIpc) is 2.54. The maximum absolute atomic E-state index is 14.6. The lowest BCUT2D eigenvalue weighted by Gasteiger charge is -2.49. The van der Waals surface area contributed by atoms with E-state index in [2.05, 4.69) is 5.32 Å². The molecule has 26 heavy (non-hydrogen) atoms. The predicted octanol–water partition coefficient (Wildman–Crippen LogP) is 3.19. The number of hydrogen-bond donors (Lipinski definition) is 2. The van der Waals surface area contributed by atoms with E-state index in [1.54, 1.807) is 20.8 Å². The van der Waals surface area contributed by atoms with E-state index in [0.29, 0.717) is 11.8 Å². The van der Waals surface area contributed by atoms with Gasteiger partial charge in [0, 0.05) is 24.8 Å². The topological polar surface area (TPSA) is 82.3 Å². The molecule has 0 aromatic heterocycles. The number of methoxy groups -OCH3 is 1. The van der Waals surface area contributed by atoms with E-state index < -0.39 is 40.9 Å². The number of carboxylic acid groups (broad SMARTS) is 1. The molecule has 0 saturated heterocycles. The molecule has 0 saturated carbocycles. The molecule has 0 radical (unpaired) electrons. The van der Waals surface area contributed by atoms with Crippen LogP contribution in [0, 0.1) is 34.3 Å². The largest absolute Gasteiger partial charge is 0.481 e. The first-order chi connectivity index (χ1) is 12.2. The van der Waals surface area contributed by atoms with Crippen LogP contribution < -0.4 is 5.32 Å². The van der Waals surface area contributed by atoms with Crippen molar-refractivity contribution >= 4 is 5.97 Å². The van der Waals surface area contributed by atoms with E-state index in [-0.39, 0.29) is 17.7 Å². The molecule has 0 fully saturated rings. The Labute approximate surface area is 151 Å². The zero-order valence-electron chi connectivity index (χ0n) is 15.1. The monoisotopic (exact) mass is 364 g/mol. The van der Waals surface area contributed by atoms with Gasteiger partial charge in [-0.15, -0.1) is 0 Å². The quantitative estimate of drug-likeness (QED) is 0.838. The Balaban J connectivity index is 2.88. The second-order valence-corrected chi connectivity index (χ2v) is 6.79. The summed E-state index contributed by atoms with van der Waals surface area (Å²) in [4.78, 5) is 12.5. The molecule has 1 aliphatic heterocycles. The third-order valence-electron chi connectivity index (χ3n) is 5.19. The van der Waals surface area contributed by atoms with Crippen molar-refractivity contribution in [2.45, 2.75) is 32.7 Å². The van der Waals surface area contributed by atoms with Gasteiger partial charge in [0.2, 0.25) is 0 Å². The van der Waals surface area contributed by atoms with E-state index in [9.17, 15) is 23.9 Å². The van der Waals surface area contributed by atoms with E-state index in [1.807, 2.05) is 6.07 Å². The van der Waals surface area contributed by atoms with Gasteiger partial charge in [-0.1, -0.05) is 19.9 Å². The molecule has 0 spiro atoms. The zero-order chi connectivity index (χ0) is 19.6. The number of nitrogens with zero attached hydrogens (tertiary/aromatic N) is 1. The van der Waals surface area contributed by atoms with Gasteiger partial charge in [-0.25, -0.2) is 8.78 Å². The lowest BCUT2D eigenvalue weighted by Crippen LogP contribution is -2.61. The maximum atomic E-state index is 14.6. The first-order valence-electron chi connectivity index (χ1n) is 8.26. The molecule has 1 heterocycles. The minimum Gasteiger partial charge on any atom is -0.481 e. The van der Waals surface area contributed by atoms with Crippen LogP contribution in [0.2, 0.25) is 0 Å². The average molecular weight is 364 g/mol. The molecule has 1 aromatic carbocycles. The molecule has 2 N–H and O–H groups in total. The summed E-state index contributed by atoms with van der Waals surface area (Å²) in [6, 6.07) is 4.32. The van der Waals surface area contributed by atoms with Crippen molar-refractivity contribution in [2.75, 3.05) is 13.7 Å². The van der Waals surface area contributed by atoms with Gasteiger partial charge in [-0.05, 0) is 24.5 Å². The van der Waals surface area contributed by atoms with Crippen LogP contribution in [0.15, 0.2) is 29.5 Å². The van der Waals surface area contributed by atoms with E-state index in [1.165, 1.54) is 13.2 Å². The molecular formula is C19H22F2N2O3. The standard InChI is InChI=1S/C19H22F2N2O3/c1-10(2)19(18(24)25)16(9-26-4)23-11(3)14(8-22)17(19)13-6-5-12(20)7-15(13)21/h5-7,10,16-17,23H,9H2,1-4H3,(H,24,25). The number of carboxylic acids is 1. The molecule has 0 aliphatic carbocycles. The lowest BCUT2D eigenvalue weighted by molar-refractivity contribution is -0.157. The first-order valence-corrected chi connectivity index (χ1v) is 8.26. The number of nitriles is 1. The minimum atomic E-state index is -1.56. The number of ether oxygens (including phenoxy) is 1. The van der Waals surface area contributed by atoms with Crippen LogP contribution in [0.4, 0.5) is 8.78 Å². The van der Waals surface area contributed by atoms with Crippen LogP contribution in [-0.4, -0.2) is 30.8 Å². The third-order valence-corrected chi connectivity index (χ3v) is 5.19. The maximum Gasteiger partial charge on any atom is 0.313 e. The number of nitrogens with one attached hydrogen (secondary N) is 1. The molecule has 3 unspecified atom stereocenters. The van der Waals surface area contributed by atoms with Gasteiger partial charge in [0.25, 0.3) is 0 Å². The highest BCUT2D eigenvalue weighted by atomic mass is 19.1. The number of aliphatic carboxylic acids is 1. The number of benzene rings is 1. The zero-order valence-corrected chi connectivity index (χ0v) is 15.1. The summed E-state index contributed by atoms with van der Waals surface area (Å²) < 4.78 is 33.3. The Morgan fingerprint density at radius 2 is 2.12 bits per heavy atom. The van der Waals surface area contributed by atoms with E-state index in [4.69, 9.17) is 4.74 Å².